The maximum Gasteiger partial charge on any atom is 0.186 e. The van der Waals surface area contributed by atoms with Crippen LogP contribution in [0.25, 0.3) is 11.6 Å². The molecular formula is C21H20O. The fourth-order valence-corrected chi connectivity index (χ4v) is 2.88. The van der Waals surface area contributed by atoms with Crippen LogP contribution in [-0.4, -0.2) is 5.78 Å². The van der Waals surface area contributed by atoms with Gasteiger partial charge in [0.1, 0.15) is 0 Å². The zero-order valence-electron chi connectivity index (χ0n) is 12.9. The zero-order chi connectivity index (χ0) is 15.4. The van der Waals surface area contributed by atoms with Crippen LogP contribution in [-0.2, 0) is 0 Å². The lowest BCUT2D eigenvalue weighted by Crippen LogP contribution is -2.09. The SMILES string of the molecule is CCCCC1=CC(=O)c2ccccc2/C1=C\c1ccccc1. The normalized spacial score (nSPS) is 15.6. The molecule has 0 heterocycles. The van der Waals surface area contributed by atoms with Crippen molar-refractivity contribution >= 4 is 17.4 Å². The molecule has 0 saturated heterocycles. The van der Waals surface area contributed by atoms with Gasteiger partial charge in [0.15, 0.2) is 5.78 Å². The van der Waals surface area contributed by atoms with E-state index in [0.29, 0.717) is 0 Å². The van der Waals surface area contributed by atoms with Crippen molar-refractivity contribution in [2.24, 2.45) is 0 Å². The highest BCUT2D eigenvalue weighted by molar-refractivity contribution is 6.15. The molecule has 3 rings (SSSR count). The van der Waals surface area contributed by atoms with Crippen LogP contribution in [0, 0.1) is 0 Å². The van der Waals surface area contributed by atoms with E-state index >= 15 is 0 Å². The van der Waals surface area contributed by atoms with Crippen molar-refractivity contribution in [3.8, 4) is 0 Å². The number of fused-ring (bicyclic) bond motifs is 1. The van der Waals surface area contributed by atoms with Crippen molar-refractivity contribution in [1.82, 2.24) is 0 Å². The van der Waals surface area contributed by atoms with Crippen LogP contribution >= 0.6 is 0 Å². The van der Waals surface area contributed by atoms with E-state index in [4.69, 9.17) is 0 Å². The Balaban J connectivity index is 2.10. The molecule has 0 saturated carbocycles. The highest BCUT2D eigenvalue weighted by Gasteiger charge is 2.21. The van der Waals surface area contributed by atoms with Crippen LogP contribution in [0.5, 0.6) is 0 Å². The van der Waals surface area contributed by atoms with Gasteiger partial charge in [-0.3, -0.25) is 4.79 Å². The summed E-state index contributed by atoms with van der Waals surface area (Å²) in [4.78, 5) is 12.4. The summed E-state index contributed by atoms with van der Waals surface area (Å²) >= 11 is 0. The van der Waals surface area contributed by atoms with Crippen LogP contribution in [0.3, 0.4) is 0 Å². The Bertz CT molecular complexity index is 736. The van der Waals surface area contributed by atoms with Gasteiger partial charge in [0, 0.05) is 5.56 Å². The Kier molecular flexibility index (Phi) is 4.34. The zero-order valence-corrected chi connectivity index (χ0v) is 12.9. The van der Waals surface area contributed by atoms with E-state index in [9.17, 15) is 4.79 Å². The second-order valence-corrected chi connectivity index (χ2v) is 5.65. The molecule has 0 fully saturated rings. The molecular weight excluding hydrogens is 268 g/mol. The van der Waals surface area contributed by atoms with Crippen LogP contribution in [0.15, 0.2) is 66.2 Å². The quantitative estimate of drug-likeness (QED) is 0.722. The largest absolute Gasteiger partial charge is 0.289 e. The van der Waals surface area contributed by atoms with E-state index in [0.717, 1.165) is 36.0 Å². The minimum absolute atomic E-state index is 0.131. The summed E-state index contributed by atoms with van der Waals surface area (Å²) in [6.45, 7) is 2.18. The average Bonchev–Trinajstić information content (AvgIpc) is 2.57. The van der Waals surface area contributed by atoms with E-state index < -0.39 is 0 Å². The number of hydrogen-bond acceptors (Lipinski definition) is 1. The molecule has 1 nitrogen and oxygen atoms in total. The van der Waals surface area contributed by atoms with E-state index in [1.54, 1.807) is 0 Å². The van der Waals surface area contributed by atoms with Gasteiger partial charge < -0.3 is 0 Å². The average molecular weight is 288 g/mol. The van der Waals surface area contributed by atoms with Crippen molar-refractivity contribution in [3.05, 3.63) is 82.9 Å². The number of unbranched alkanes of at least 4 members (excludes halogenated alkanes) is 1. The van der Waals surface area contributed by atoms with Gasteiger partial charge in [0.2, 0.25) is 0 Å². The smallest absolute Gasteiger partial charge is 0.186 e. The molecule has 0 aromatic heterocycles. The second kappa shape index (κ2) is 6.57. The molecule has 0 atom stereocenters. The summed E-state index contributed by atoms with van der Waals surface area (Å²) < 4.78 is 0. The Morgan fingerprint density at radius 1 is 0.909 bits per heavy atom. The van der Waals surface area contributed by atoms with Crippen molar-refractivity contribution in [2.45, 2.75) is 26.2 Å². The van der Waals surface area contributed by atoms with Crippen LogP contribution < -0.4 is 0 Å². The van der Waals surface area contributed by atoms with Crippen molar-refractivity contribution in [1.29, 1.82) is 0 Å². The summed E-state index contributed by atoms with van der Waals surface area (Å²) in [5.74, 6) is 0.131. The number of ketones is 1. The molecule has 2 aromatic rings. The molecule has 1 heteroatoms. The van der Waals surface area contributed by atoms with Gasteiger partial charge in [-0.1, -0.05) is 67.9 Å². The highest BCUT2D eigenvalue weighted by Crippen LogP contribution is 2.35. The van der Waals surface area contributed by atoms with E-state index in [2.05, 4.69) is 31.2 Å². The first-order valence-electron chi connectivity index (χ1n) is 7.91. The monoisotopic (exact) mass is 288 g/mol. The van der Waals surface area contributed by atoms with E-state index in [-0.39, 0.29) is 5.78 Å². The molecule has 0 spiro atoms. The summed E-state index contributed by atoms with van der Waals surface area (Å²) in [5, 5.41) is 0. The van der Waals surface area contributed by atoms with Gasteiger partial charge in [-0.2, -0.15) is 0 Å². The summed E-state index contributed by atoms with van der Waals surface area (Å²) in [6.07, 6.45) is 7.22. The number of allylic oxidation sites excluding steroid dienone is 3. The molecule has 0 bridgehead atoms. The molecule has 2 aromatic carbocycles. The van der Waals surface area contributed by atoms with Crippen LogP contribution in [0.2, 0.25) is 0 Å². The Morgan fingerprint density at radius 2 is 1.59 bits per heavy atom. The Morgan fingerprint density at radius 3 is 2.32 bits per heavy atom. The summed E-state index contributed by atoms with van der Waals surface area (Å²) in [6, 6.07) is 18.2. The van der Waals surface area contributed by atoms with Gasteiger partial charge in [0.05, 0.1) is 0 Å². The van der Waals surface area contributed by atoms with Gasteiger partial charge >= 0.3 is 0 Å². The van der Waals surface area contributed by atoms with Gasteiger partial charge in [-0.25, -0.2) is 0 Å². The minimum atomic E-state index is 0.131. The molecule has 22 heavy (non-hydrogen) atoms. The van der Waals surface area contributed by atoms with Crippen molar-refractivity contribution in [3.63, 3.8) is 0 Å². The molecule has 0 radical (unpaired) electrons. The highest BCUT2D eigenvalue weighted by atomic mass is 16.1. The van der Waals surface area contributed by atoms with Crippen molar-refractivity contribution in [2.75, 3.05) is 0 Å². The third-order valence-corrected chi connectivity index (χ3v) is 4.04. The molecule has 0 N–H and O–H groups in total. The van der Waals surface area contributed by atoms with Crippen molar-refractivity contribution < 1.29 is 4.79 Å². The van der Waals surface area contributed by atoms with E-state index in [1.807, 2.05) is 42.5 Å². The van der Waals surface area contributed by atoms with E-state index in [1.165, 1.54) is 11.1 Å². The first-order chi connectivity index (χ1) is 10.8. The molecule has 110 valence electrons. The van der Waals surface area contributed by atoms with Gasteiger partial charge in [0.25, 0.3) is 0 Å². The maximum atomic E-state index is 12.4. The van der Waals surface area contributed by atoms with Crippen LogP contribution in [0.1, 0.15) is 47.7 Å². The van der Waals surface area contributed by atoms with Crippen LogP contribution in [0.4, 0.5) is 0 Å². The minimum Gasteiger partial charge on any atom is -0.289 e. The molecule has 1 aliphatic rings. The summed E-state index contributed by atoms with van der Waals surface area (Å²) in [7, 11) is 0. The maximum absolute atomic E-state index is 12.4. The lowest BCUT2D eigenvalue weighted by Gasteiger charge is -2.20. The summed E-state index contributed by atoms with van der Waals surface area (Å²) in [5.41, 5.74) is 5.39. The Hall–Kier alpha value is -2.41. The number of hydrogen-bond donors (Lipinski definition) is 0. The van der Waals surface area contributed by atoms with Gasteiger partial charge in [-0.15, -0.1) is 0 Å². The molecule has 0 unspecified atom stereocenters. The standard InChI is InChI=1S/C21H20O/c1-2-3-11-17-15-21(22)19-13-8-7-12-18(19)20(17)14-16-9-5-4-6-10-16/h4-10,12-15H,2-3,11H2,1H3/b20-14-. The predicted molar refractivity (Wildman–Crippen MR) is 92.7 cm³/mol. The predicted octanol–water partition coefficient (Wildman–Crippen LogP) is 5.54. The molecule has 0 amide bonds. The number of carbonyl (C=O) groups excluding carboxylic acids is 1. The first-order valence-corrected chi connectivity index (χ1v) is 7.91. The third kappa shape index (κ3) is 2.94. The number of benzene rings is 2. The number of carbonyl (C=O) groups is 1. The first kappa shape index (κ1) is 14.5. The molecule has 0 aliphatic heterocycles. The lowest BCUT2D eigenvalue weighted by molar-refractivity contribution is 0.104. The topological polar surface area (TPSA) is 17.1 Å². The Labute approximate surface area is 132 Å². The molecule has 1 aliphatic carbocycles. The second-order valence-electron chi connectivity index (χ2n) is 5.65. The fraction of sp³-hybridized carbons (Fsp3) is 0.190. The fourth-order valence-electron chi connectivity index (χ4n) is 2.88. The van der Waals surface area contributed by atoms with Gasteiger partial charge in [-0.05, 0) is 47.3 Å². The lowest BCUT2D eigenvalue weighted by atomic mass is 9.83. The third-order valence-electron chi connectivity index (χ3n) is 4.04. The number of rotatable bonds is 4.